The molecule has 0 aromatic rings. The molecule has 2 aliphatic rings. The molecule has 0 radical (unpaired) electrons. The van der Waals surface area contributed by atoms with Gasteiger partial charge in [-0.15, -0.1) is 0 Å². The summed E-state index contributed by atoms with van der Waals surface area (Å²) in [5, 5.41) is 3.76. The molecule has 1 fully saturated rings. The second kappa shape index (κ2) is 8.04. The lowest BCUT2D eigenvalue weighted by molar-refractivity contribution is -0.0456. The van der Waals surface area contributed by atoms with Gasteiger partial charge in [0.25, 0.3) is 0 Å². The van der Waals surface area contributed by atoms with Gasteiger partial charge in [-0.25, -0.2) is 0 Å². The van der Waals surface area contributed by atoms with Gasteiger partial charge < -0.3 is 14.8 Å². The van der Waals surface area contributed by atoms with Gasteiger partial charge in [0.1, 0.15) is 0 Å². The fraction of sp³-hybridized carbons (Fsp3) is 0.882. The molecule has 0 spiro atoms. The summed E-state index contributed by atoms with van der Waals surface area (Å²) in [6, 6.07) is 0.325. The molecule has 0 saturated heterocycles. The van der Waals surface area contributed by atoms with Gasteiger partial charge in [0, 0.05) is 7.11 Å². The van der Waals surface area contributed by atoms with E-state index in [-0.39, 0.29) is 5.60 Å². The molecule has 116 valence electrons. The predicted molar refractivity (Wildman–Crippen MR) is 82.8 cm³/mol. The first-order chi connectivity index (χ1) is 9.82. The van der Waals surface area contributed by atoms with Gasteiger partial charge >= 0.3 is 0 Å². The highest BCUT2D eigenvalue weighted by atomic mass is 16.5. The molecule has 3 nitrogen and oxygen atoms in total. The first kappa shape index (κ1) is 15.8. The van der Waals surface area contributed by atoms with Crippen LogP contribution in [0.2, 0.25) is 0 Å². The van der Waals surface area contributed by atoms with Crippen molar-refractivity contribution in [3.8, 4) is 0 Å². The van der Waals surface area contributed by atoms with Gasteiger partial charge in [0.05, 0.1) is 24.5 Å². The molecule has 0 amide bonds. The van der Waals surface area contributed by atoms with Crippen molar-refractivity contribution in [1.82, 2.24) is 5.32 Å². The van der Waals surface area contributed by atoms with Crippen LogP contribution in [0.4, 0.5) is 0 Å². The summed E-state index contributed by atoms with van der Waals surface area (Å²) in [5.41, 5.74) is 1.38. The summed E-state index contributed by atoms with van der Waals surface area (Å²) >= 11 is 0. The Bertz CT molecular complexity index is 306. The Balaban J connectivity index is 2.19. The number of nitrogens with one attached hydrogen (secondary N) is 1. The highest BCUT2D eigenvalue weighted by Gasteiger charge is 2.41. The van der Waals surface area contributed by atoms with Crippen LogP contribution in [0.15, 0.2) is 11.8 Å². The molecular formula is C17H31NO2. The van der Waals surface area contributed by atoms with Gasteiger partial charge in [-0.1, -0.05) is 32.6 Å². The van der Waals surface area contributed by atoms with Crippen LogP contribution in [0.5, 0.6) is 0 Å². The maximum absolute atomic E-state index is 6.11. The normalized spacial score (nSPS) is 24.4. The Morgan fingerprint density at radius 2 is 2.00 bits per heavy atom. The fourth-order valence-electron chi connectivity index (χ4n) is 3.68. The third-order valence-electron chi connectivity index (χ3n) is 4.81. The summed E-state index contributed by atoms with van der Waals surface area (Å²) in [7, 11) is 1.90. The van der Waals surface area contributed by atoms with Crippen molar-refractivity contribution in [2.75, 3.05) is 20.3 Å². The molecule has 20 heavy (non-hydrogen) atoms. The largest absolute Gasteiger partial charge is 0.501 e. The number of methoxy groups -OCH3 is 1. The molecule has 0 aromatic heterocycles. The Morgan fingerprint density at radius 1 is 1.25 bits per heavy atom. The summed E-state index contributed by atoms with van der Waals surface area (Å²) < 4.78 is 11.7. The fourth-order valence-corrected chi connectivity index (χ4v) is 3.68. The monoisotopic (exact) mass is 281 g/mol. The average molecular weight is 281 g/mol. The van der Waals surface area contributed by atoms with Gasteiger partial charge in [-0.2, -0.15) is 0 Å². The van der Waals surface area contributed by atoms with E-state index in [1.165, 1.54) is 44.1 Å². The van der Waals surface area contributed by atoms with Crippen LogP contribution < -0.4 is 5.32 Å². The molecule has 0 aromatic carbocycles. The van der Waals surface area contributed by atoms with E-state index >= 15 is 0 Å². The van der Waals surface area contributed by atoms with E-state index in [9.17, 15) is 0 Å². The minimum atomic E-state index is -0.0296. The molecular weight excluding hydrogens is 250 g/mol. The smallest absolute Gasteiger partial charge is 0.0876 e. The summed E-state index contributed by atoms with van der Waals surface area (Å²) in [5.74, 6) is 0. The van der Waals surface area contributed by atoms with E-state index in [0.717, 1.165) is 32.4 Å². The lowest BCUT2D eigenvalue weighted by atomic mass is 9.80. The van der Waals surface area contributed by atoms with Crippen LogP contribution in [0.3, 0.4) is 0 Å². The second-order valence-corrected chi connectivity index (χ2v) is 6.24. The molecule has 3 heteroatoms. The van der Waals surface area contributed by atoms with Crippen LogP contribution in [0.1, 0.15) is 64.7 Å². The lowest BCUT2D eigenvalue weighted by Gasteiger charge is -2.41. The molecule has 1 unspecified atom stereocenters. The first-order valence-corrected chi connectivity index (χ1v) is 8.41. The highest BCUT2D eigenvalue weighted by Crippen LogP contribution is 2.37. The van der Waals surface area contributed by atoms with Gasteiger partial charge in [-0.3, -0.25) is 0 Å². The maximum atomic E-state index is 6.11. The zero-order chi connectivity index (χ0) is 14.3. The summed E-state index contributed by atoms with van der Waals surface area (Å²) in [6.45, 7) is 4.14. The maximum Gasteiger partial charge on any atom is 0.0876 e. The molecule has 1 atom stereocenters. The SMILES string of the molecule is CCCNC(C1=COCCC1)C1(OC)CCCCCC1. The van der Waals surface area contributed by atoms with Crippen molar-refractivity contribution >= 4 is 0 Å². The van der Waals surface area contributed by atoms with Crippen LogP contribution in [0.25, 0.3) is 0 Å². The Labute approximate surface area is 124 Å². The molecule has 1 aliphatic carbocycles. The zero-order valence-corrected chi connectivity index (χ0v) is 13.2. The summed E-state index contributed by atoms with van der Waals surface area (Å²) in [4.78, 5) is 0. The predicted octanol–water partition coefficient (Wildman–Crippen LogP) is 3.79. The van der Waals surface area contributed by atoms with E-state index in [0.29, 0.717) is 6.04 Å². The number of ether oxygens (including phenoxy) is 2. The molecule has 1 heterocycles. The quantitative estimate of drug-likeness (QED) is 0.751. The Kier molecular flexibility index (Phi) is 6.37. The van der Waals surface area contributed by atoms with E-state index in [1.54, 1.807) is 0 Å². The molecule has 1 N–H and O–H groups in total. The van der Waals surface area contributed by atoms with Gasteiger partial charge in [-0.05, 0) is 44.2 Å². The van der Waals surface area contributed by atoms with Crippen molar-refractivity contribution < 1.29 is 9.47 Å². The Morgan fingerprint density at radius 3 is 2.55 bits per heavy atom. The molecule has 2 rings (SSSR count). The summed E-state index contributed by atoms with van der Waals surface area (Å²) in [6.07, 6.45) is 13.0. The van der Waals surface area contributed by atoms with Crippen molar-refractivity contribution in [1.29, 1.82) is 0 Å². The van der Waals surface area contributed by atoms with E-state index in [1.807, 2.05) is 13.4 Å². The highest BCUT2D eigenvalue weighted by molar-refractivity contribution is 5.17. The van der Waals surface area contributed by atoms with Crippen LogP contribution in [-0.4, -0.2) is 31.9 Å². The standard InChI is InChI=1S/C17H31NO2/c1-3-12-18-16(15-9-8-13-20-14-15)17(19-2)10-6-4-5-7-11-17/h14,16,18H,3-13H2,1-2H3. The van der Waals surface area contributed by atoms with E-state index < -0.39 is 0 Å². The van der Waals surface area contributed by atoms with Gasteiger partial charge in [0.2, 0.25) is 0 Å². The number of hydrogen-bond donors (Lipinski definition) is 1. The molecule has 1 saturated carbocycles. The van der Waals surface area contributed by atoms with Crippen molar-refractivity contribution in [2.24, 2.45) is 0 Å². The molecule has 0 bridgehead atoms. The van der Waals surface area contributed by atoms with E-state index in [2.05, 4.69) is 12.2 Å². The minimum Gasteiger partial charge on any atom is -0.501 e. The lowest BCUT2D eigenvalue weighted by Crippen LogP contribution is -2.53. The number of rotatable bonds is 6. The topological polar surface area (TPSA) is 30.5 Å². The van der Waals surface area contributed by atoms with Crippen molar-refractivity contribution in [3.63, 3.8) is 0 Å². The van der Waals surface area contributed by atoms with Crippen molar-refractivity contribution in [2.45, 2.75) is 76.4 Å². The number of hydrogen-bond acceptors (Lipinski definition) is 3. The molecule has 1 aliphatic heterocycles. The second-order valence-electron chi connectivity index (χ2n) is 6.24. The van der Waals surface area contributed by atoms with Crippen LogP contribution in [-0.2, 0) is 9.47 Å². The Hall–Kier alpha value is -0.540. The third-order valence-corrected chi connectivity index (χ3v) is 4.81. The minimum absolute atomic E-state index is 0.0296. The van der Waals surface area contributed by atoms with Crippen LogP contribution >= 0.6 is 0 Å². The zero-order valence-electron chi connectivity index (χ0n) is 13.2. The van der Waals surface area contributed by atoms with E-state index in [4.69, 9.17) is 9.47 Å². The third kappa shape index (κ3) is 3.76. The van der Waals surface area contributed by atoms with Crippen molar-refractivity contribution in [3.05, 3.63) is 11.8 Å². The first-order valence-electron chi connectivity index (χ1n) is 8.41. The van der Waals surface area contributed by atoms with Gasteiger partial charge in [0.15, 0.2) is 0 Å². The van der Waals surface area contributed by atoms with Crippen LogP contribution in [0, 0.1) is 0 Å². The average Bonchev–Trinajstić information content (AvgIpc) is 2.75.